The second kappa shape index (κ2) is 21.5. The van der Waals surface area contributed by atoms with Gasteiger partial charge in [0.1, 0.15) is 0 Å². The summed E-state index contributed by atoms with van der Waals surface area (Å²) in [6.45, 7) is 0.279. The number of benzene rings is 2. The normalized spacial score (nSPS) is 7.52. The molecule has 0 saturated heterocycles. The molecule has 0 bridgehead atoms. The van der Waals surface area contributed by atoms with Crippen molar-refractivity contribution in [3.8, 4) is 0 Å². The fourth-order valence-corrected chi connectivity index (χ4v) is 1.17. The van der Waals surface area contributed by atoms with Gasteiger partial charge >= 0.3 is 0 Å². The maximum absolute atomic E-state index is 8.54. The Balaban J connectivity index is -0.000000240. The second-order valence-electron chi connectivity index (χ2n) is 3.29. The van der Waals surface area contributed by atoms with Crippen molar-refractivity contribution in [2.24, 2.45) is 0 Å². The minimum atomic E-state index is 0. The van der Waals surface area contributed by atoms with Crippen LogP contribution in [0.2, 0.25) is 0 Å². The van der Waals surface area contributed by atoms with Crippen LogP contribution in [0.5, 0.6) is 0 Å². The summed E-state index contributed by atoms with van der Waals surface area (Å²) in [6.07, 6.45) is 0. The van der Waals surface area contributed by atoms with E-state index in [2.05, 4.69) is 0 Å². The molecule has 0 saturated carbocycles. The second-order valence-corrected chi connectivity index (χ2v) is 3.29. The Kier molecular flexibility index (Phi) is 25.7. The molecule has 0 amide bonds. The van der Waals surface area contributed by atoms with Gasteiger partial charge in [-0.1, -0.05) is 60.7 Å². The van der Waals surface area contributed by atoms with Crippen molar-refractivity contribution in [2.45, 2.75) is 13.2 Å². The van der Waals surface area contributed by atoms with Gasteiger partial charge in [-0.25, -0.2) is 0 Å². The molecule has 2 aromatic carbocycles. The predicted octanol–water partition coefficient (Wildman–Crippen LogP) is 1.57. The van der Waals surface area contributed by atoms with Crippen LogP contribution in [0.4, 0.5) is 0 Å². The molecule has 0 spiro atoms. The number of aliphatic hydroxyl groups is 4. The number of hydrogen-bond donors (Lipinski definition) is 4. The largest absolute Gasteiger partial charge is 0.400 e. The van der Waals surface area contributed by atoms with E-state index in [9.17, 15) is 0 Å². The number of rotatable bonds is 2. The van der Waals surface area contributed by atoms with Gasteiger partial charge in [0.25, 0.3) is 0 Å². The summed E-state index contributed by atoms with van der Waals surface area (Å²) in [7, 11) is 2.00. The van der Waals surface area contributed by atoms with E-state index in [0.29, 0.717) is 0 Å². The summed E-state index contributed by atoms with van der Waals surface area (Å²) < 4.78 is 0. The fraction of sp³-hybridized carbons (Fsp3) is 0.250. The molecule has 0 aliphatic carbocycles. The predicted molar refractivity (Wildman–Crippen MR) is 81.0 cm³/mol. The van der Waals surface area contributed by atoms with E-state index in [1.165, 1.54) is 0 Å². The monoisotopic (exact) mass is 370 g/mol. The Labute approximate surface area is 145 Å². The quantitative estimate of drug-likeness (QED) is 0.646. The van der Waals surface area contributed by atoms with Crippen molar-refractivity contribution >= 4 is 0 Å². The molecule has 0 fully saturated rings. The maximum Gasteiger partial charge on any atom is 0.0681 e. The van der Waals surface area contributed by atoms with Crippen LogP contribution in [0.3, 0.4) is 0 Å². The van der Waals surface area contributed by atoms with Crippen molar-refractivity contribution in [3.63, 3.8) is 0 Å². The van der Waals surface area contributed by atoms with Gasteiger partial charge in [-0.2, -0.15) is 0 Å². The zero-order valence-electron chi connectivity index (χ0n) is 12.5. The number of hydrogen-bond acceptors (Lipinski definition) is 4. The molecule has 0 aromatic heterocycles. The van der Waals surface area contributed by atoms with Crippen LogP contribution in [0.1, 0.15) is 11.1 Å². The summed E-state index contributed by atoms with van der Waals surface area (Å²) in [5.41, 5.74) is 1.93. The molecule has 0 atom stereocenters. The van der Waals surface area contributed by atoms with Crippen molar-refractivity contribution in [2.75, 3.05) is 14.2 Å². The summed E-state index contributed by atoms with van der Waals surface area (Å²) in [5, 5.41) is 31.1. The van der Waals surface area contributed by atoms with Crippen LogP contribution in [0.25, 0.3) is 0 Å². The van der Waals surface area contributed by atoms with Crippen molar-refractivity contribution < 1.29 is 46.6 Å². The molecule has 4 nitrogen and oxygen atoms in total. The van der Waals surface area contributed by atoms with Gasteiger partial charge in [-0.05, 0) is 11.1 Å². The summed E-state index contributed by atoms with van der Waals surface area (Å²) in [6, 6.07) is 19.0. The minimum absolute atomic E-state index is 0. The third kappa shape index (κ3) is 15.4. The summed E-state index contributed by atoms with van der Waals surface area (Å²) >= 11 is 0. The fourth-order valence-electron chi connectivity index (χ4n) is 1.17. The Hall–Kier alpha value is -0.837. The Morgan fingerprint density at radius 3 is 0.952 bits per heavy atom. The van der Waals surface area contributed by atoms with Crippen molar-refractivity contribution in [1.82, 2.24) is 0 Å². The van der Waals surface area contributed by atoms with Crippen LogP contribution in [-0.2, 0) is 39.4 Å². The third-order valence-electron chi connectivity index (χ3n) is 2.05. The molecule has 0 heterocycles. The molecule has 0 unspecified atom stereocenters. The standard InChI is InChI=1S/2C7H8O.2CH4O.Zr/c2*8-6-7-4-2-1-3-5-7;2*1-2;/h2*1-5,8H,6H2;2*2H,1H3;. The minimum Gasteiger partial charge on any atom is -0.400 e. The van der Waals surface area contributed by atoms with E-state index >= 15 is 0 Å². The van der Waals surface area contributed by atoms with E-state index in [0.717, 1.165) is 25.3 Å². The van der Waals surface area contributed by atoms with E-state index in [-0.39, 0.29) is 39.4 Å². The first kappa shape index (κ1) is 25.1. The first-order valence-electron chi connectivity index (χ1n) is 6.06. The molecule has 4 N–H and O–H groups in total. The molecule has 21 heavy (non-hydrogen) atoms. The third-order valence-corrected chi connectivity index (χ3v) is 2.05. The average molecular weight is 372 g/mol. The smallest absolute Gasteiger partial charge is 0.0681 e. The molecule has 5 heteroatoms. The van der Waals surface area contributed by atoms with Gasteiger partial charge in [0.15, 0.2) is 0 Å². The van der Waals surface area contributed by atoms with Crippen LogP contribution in [-0.4, -0.2) is 34.6 Å². The SMILES string of the molecule is CO.CO.OCc1ccccc1.OCc1ccccc1.[Zr]. The van der Waals surface area contributed by atoms with E-state index < -0.39 is 0 Å². The topological polar surface area (TPSA) is 80.9 Å². The van der Waals surface area contributed by atoms with Gasteiger partial charge in [-0.3, -0.25) is 0 Å². The molecule has 116 valence electrons. The molecule has 0 aliphatic rings. The van der Waals surface area contributed by atoms with Crippen LogP contribution < -0.4 is 0 Å². The van der Waals surface area contributed by atoms with Gasteiger partial charge in [0, 0.05) is 40.4 Å². The zero-order valence-corrected chi connectivity index (χ0v) is 14.9. The Morgan fingerprint density at radius 1 is 0.571 bits per heavy atom. The molecular weight excluding hydrogens is 347 g/mol. The molecule has 2 rings (SSSR count). The van der Waals surface area contributed by atoms with E-state index in [1.807, 2.05) is 60.7 Å². The van der Waals surface area contributed by atoms with Crippen molar-refractivity contribution in [1.29, 1.82) is 0 Å². The Bertz CT molecular complexity index is 343. The Morgan fingerprint density at radius 2 is 0.810 bits per heavy atom. The van der Waals surface area contributed by atoms with Gasteiger partial charge in [0.2, 0.25) is 0 Å². The zero-order chi connectivity index (χ0) is 15.6. The van der Waals surface area contributed by atoms with Gasteiger partial charge in [-0.15, -0.1) is 0 Å². The van der Waals surface area contributed by atoms with E-state index in [4.69, 9.17) is 20.4 Å². The summed E-state index contributed by atoms with van der Waals surface area (Å²) in [5.74, 6) is 0. The van der Waals surface area contributed by atoms with Crippen LogP contribution in [0, 0.1) is 0 Å². The van der Waals surface area contributed by atoms with Crippen LogP contribution in [0.15, 0.2) is 60.7 Å². The molecule has 0 aliphatic heterocycles. The van der Waals surface area contributed by atoms with Gasteiger partial charge < -0.3 is 20.4 Å². The first-order chi connectivity index (χ1) is 9.86. The van der Waals surface area contributed by atoms with E-state index in [1.54, 1.807) is 0 Å². The molecule has 0 radical (unpaired) electrons. The maximum atomic E-state index is 8.54. The molecular formula is C16H24O4Zr. The van der Waals surface area contributed by atoms with Gasteiger partial charge in [0.05, 0.1) is 13.2 Å². The molecule has 2 aromatic rings. The average Bonchev–Trinajstić information content (AvgIpc) is 2.60. The van der Waals surface area contributed by atoms with Crippen LogP contribution >= 0.6 is 0 Å². The summed E-state index contributed by atoms with van der Waals surface area (Å²) in [4.78, 5) is 0. The number of aliphatic hydroxyl groups excluding tert-OH is 4. The van der Waals surface area contributed by atoms with Crippen molar-refractivity contribution in [3.05, 3.63) is 71.8 Å². The first-order valence-corrected chi connectivity index (χ1v) is 6.06.